The van der Waals surface area contributed by atoms with Gasteiger partial charge in [-0.3, -0.25) is 14.3 Å². The van der Waals surface area contributed by atoms with E-state index in [4.69, 9.17) is 0 Å². The number of hydrogen-bond donors (Lipinski definition) is 1. The van der Waals surface area contributed by atoms with Gasteiger partial charge < -0.3 is 9.47 Å². The average Bonchev–Trinajstić information content (AvgIpc) is 2.95. The Morgan fingerprint density at radius 2 is 1.96 bits per heavy atom. The van der Waals surface area contributed by atoms with Gasteiger partial charge in [0.15, 0.2) is 11.2 Å². The summed E-state index contributed by atoms with van der Waals surface area (Å²) in [6, 6.07) is 6.18. The molecular formula is C17H19N5O2. The molecule has 1 aliphatic rings. The molecule has 0 aliphatic carbocycles. The Balaban J connectivity index is 2.02. The molecule has 0 atom stereocenters. The molecule has 2 aromatic heterocycles. The van der Waals surface area contributed by atoms with Crippen molar-refractivity contribution in [3.8, 4) is 0 Å². The maximum atomic E-state index is 12.3. The number of nitrogens with one attached hydrogen (secondary N) is 1. The first kappa shape index (κ1) is 14.7. The number of anilines is 2. The van der Waals surface area contributed by atoms with E-state index in [2.05, 4.69) is 40.8 Å². The Kier molecular flexibility index (Phi) is 3.13. The molecule has 1 N–H and O–H groups in total. The lowest BCUT2D eigenvalue weighted by Gasteiger charge is -2.30. The number of aromatic amines is 1. The number of aryl methyl sites for hydroxylation is 3. The predicted molar refractivity (Wildman–Crippen MR) is 93.1 cm³/mol. The second kappa shape index (κ2) is 5.09. The Morgan fingerprint density at radius 1 is 1.17 bits per heavy atom. The number of hydrogen-bond acceptors (Lipinski definition) is 4. The fourth-order valence-electron chi connectivity index (χ4n) is 3.38. The van der Waals surface area contributed by atoms with Gasteiger partial charge in [0, 0.05) is 25.8 Å². The largest absolute Gasteiger partial charge is 0.329 e. The van der Waals surface area contributed by atoms with Crippen molar-refractivity contribution in [3.05, 3.63) is 50.2 Å². The van der Waals surface area contributed by atoms with Gasteiger partial charge in [-0.05, 0) is 37.5 Å². The molecule has 0 saturated carbocycles. The zero-order valence-electron chi connectivity index (χ0n) is 14.0. The minimum atomic E-state index is -0.443. The normalized spacial score (nSPS) is 14.2. The van der Waals surface area contributed by atoms with Gasteiger partial charge in [-0.1, -0.05) is 12.1 Å². The van der Waals surface area contributed by atoms with Crippen LogP contribution in [-0.2, 0) is 13.6 Å². The van der Waals surface area contributed by atoms with Gasteiger partial charge in [-0.15, -0.1) is 0 Å². The summed E-state index contributed by atoms with van der Waals surface area (Å²) in [7, 11) is 1.63. The maximum absolute atomic E-state index is 12.3. The minimum Gasteiger partial charge on any atom is -0.312 e. The maximum Gasteiger partial charge on any atom is 0.329 e. The standard InChI is InChI=1S/C17H19N5O2/c1-10-6-4-7-12(11(10)2)21-8-5-9-22-13-14(18-16(21)22)20(3)17(24)19-15(13)23/h4,6-7H,5,8-9H2,1-3H3,(H,19,23,24). The van der Waals surface area contributed by atoms with E-state index in [1.54, 1.807) is 7.05 Å². The van der Waals surface area contributed by atoms with Crippen LogP contribution in [0.5, 0.6) is 0 Å². The van der Waals surface area contributed by atoms with Crippen LogP contribution in [0.1, 0.15) is 17.5 Å². The average molecular weight is 325 g/mol. The van der Waals surface area contributed by atoms with E-state index in [1.807, 2.05) is 10.6 Å². The smallest absolute Gasteiger partial charge is 0.312 e. The fraction of sp³-hybridized carbons (Fsp3) is 0.353. The van der Waals surface area contributed by atoms with Crippen molar-refractivity contribution in [2.45, 2.75) is 26.8 Å². The van der Waals surface area contributed by atoms with Crippen LogP contribution < -0.4 is 16.1 Å². The number of nitrogens with zero attached hydrogens (tertiary/aromatic N) is 4. The van der Waals surface area contributed by atoms with E-state index in [-0.39, 0.29) is 5.56 Å². The van der Waals surface area contributed by atoms with Gasteiger partial charge >= 0.3 is 5.69 Å². The van der Waals surface area contributed by atoms with Crippen LogP contribution in [0.2, 0.25) is 0 Å². The quantitative estimate of drug-likeness (QED) is 0.737. The summed E-state index contributed by atoms with van der Waals surface area (Å²) in [5.41, 5.74) is 3.56. The molecule has 3 heterocycles. The molecule has 0 fully saturated rings. The van der Waals surface area contributed by atoms with Gasteiger partial charge in [-0.2, -0.15) is 4.98 Å². The number of H-pyrrole nitrogens is 1. The monoisotopic (exact) mass is 325 g/mol. The molecule has 0 radical (unpaired) electrons. The van der Waals surface area contributed by atoms with E-state index in [9.17, 15) is 9.59 Å². The molecule has 1 aliphatic heterocycles. The zero-order valence-corrected chi connectivity index (χ0v) is 14.0. The second-order valence-electron chi connectivity index (χ2n) is 6.28. The van der Waals surface area contributed by atoms with Crippen LogP contribution in [0, 0.1) is 13.8 Å². The lowest BCUT2D eigenvalue weighted by molar-refractivity contribution is 0.602. The van der Waals surface area contributed by atoms with Crippen LogP contribution in [0.15, 0.2) is 27.8 Å². The van der Waals surface area contributed by atoms with Crippen LogP contribution in [0.3, 0.4) is 0 Å². The van der Waals surface area contributed by atoms with E-state index >= 15 is 0 Å². The molecule has 0 amide bonds. The van der Waals surface area contributed by atoms with Crippen molar-refractivity contribution in [3.63, 3.8) is 0 Å². The summed E-state index contributed by atoms with van der Waals surface area (Å²) >= 11 is 0. The van der Waals surface area contributed by atoms with Gasteiger partial charge in [-0.25, -0.2) is 4.79 Å². The van der Waals surface area contributed by atoms with Crippen molar-refractivity contribution in [1.82, 2.24) is 19.1 Å². The van der Waals surface area contributed by atoms with Gasteiger partial charge in [0.2, 0.25) is 5.95 Å². The molecule has 0 spiro atoms. The molecule has 7 nitrogen and oxygen atoms in total. The Morgan fingerprint density at radius 3 is 2.75 bits per heavy atom. The molecule has 3 aromatic rings. The summed E-state index contributed by atoms with van der Waals surface area (Å²) < 4.78 is 3.31. The van der Waals surface area contributed by atoms with Gasteiger partial charge in [0.05, 0.1) is 0 Å². The third-order valence-corrected chi connectivity index (χ3v) is 4.86. The first-order valence-corrected chi connectivity index (χ1v) is 8.02. The van der Waals surface area contributed by atoms with E-state index < -0.39 is 5.69 Å². The lowest BCUT2D eigenvalue weighted by Crippen LogP contribution is -2.31. The molecule has 7 heteroatoms. The SMILES string of the molecule is Cc1cccc(N2CCCn3c2nc2c3c(=O)[nH]c(=O)n2C)c1C. The first-order chi connectivity index (χ1) is 11.5. The molecule has 24 heavy (non-hydrogen) atoms. The van der Waals surface area contributed by atoms with Crippen LogP contribution in [0.4, 0.5) is 11.6 Å². The highest BCUT2D eigenvalue weighted by Gasteiger charge is 2.26. The van der Waals surface area contributed by atoms with Crippen molar-refractivity contribution < 1.29 is 0 Å². The van der Waals surface area contributed by atoms with Gasteiger partial charge in [0.1, 0.15) is 0 Å². The summed E-state index contributed by atoms with van der Waals surface area (Å²) in [6.07, 6.45) is 0.911. The number of benzene rings is 1. The predicted octanol–water partition coefficient (Wildman–Crippen LogP) is 1.58. The second-order valence-corrected chi connectivity index (χ2v) is 6.28. The van der Waals surface area contributed by atoms with Crippen molar-refractivity contribution in [2.75, 3.05) is 11.4 Å². The van der Waals surface area contributed by atoms with Crippen LogP contribution >= 0.6 is 0 Å². The molecule has 4 rings (SSSR count). The zero-order chi connectivity index (χ0) is 17.0. The molecule has 0 saturated heterocycles. The summed E-state index contributed by atoms with van der Waals surface area (Å²) in [5, 5.41) is 0. The van der Waals surface area contributed by atoms with Crippen molar-refractivity contribution in [1.29, 1.82) is 0 Å². The minimum absolute atomic E-state index is 0.380. The molecule has 0 bridgehead atoms. The summed E-state index contributed by atoms with van der Waals surface area (Å²) in [4.78, 5) is 33.3. The molecule has 0 unspecified atom stereocenters. The number of rotatable bonds is 1. The number of fused-ring (bicyclic) bond motifs is 3. The van der Waals surface area contributed by atoms with E-state index in [1.165, 1.54) is 15.7 Å². The van der Waals surface area contributed by atoms with E-state index in [0.29, 0.717) is 17.7 Å². The van der Waals surface area contributed by atoms with Crippen molar-refractivity contribution >= 4 is 22.8 Å². The highest BCUT2D eigenvalue weighted by molar-refractivity contribution is 5.77. The Hall–Kier alpha value is -2.83. The fourth-order valence-corrected chi connectivity index (χ4v) is 3.38. The number of imidazole rings is 1. The van der Waals surface area contributed by atoms with E-state index in [0.717, 1.165) is 24.6 Å². The molecule has 124 valence electrons. The third-order valence-electron chi connectivity index (χ3n) is 4.86. The third kappa shape index (κ3) is 1.94. The number of aromatic nitrogens is 4. The molecule has 1 aromatic carbocycles. The Labute approximate surface area is 138 Å². The summed E-state index contributed by atoms with van der Waals surface area (Å²) in [5.74, 6) is 0.719. The summed E-state index contributed by atoms with van der Waals surface area (Å²) in [6.45, 7) is 5.73. The van der Waals surface area contributed by atoms with Crippen LogP contribution in [0.25, 0.3) is 11.2 Å². The Bertz CT molecular complexity index is 1070. The van der Waals surface area contributed by atoms with Crippen LogP contribution in [-0.4, -0.2) is 25.6 Å². The molecular weight excluding hydrogens is 306 g/mol. The highest BCUT2D eigenvalue weighted by Crippen LogP contribution is 2.33. The lowest BCUT2D eigenvalue weighted by atomic mass is 10.1. The van der Waals surface area contributed by atoms with Gasteiger partial charge in [0.25, 0.3) is 5.56 Å². The van der Waals surface area contributed by atoms with Crippen molar-refractivity contribution in [2.24, 2.45) is 7.05 Å². The highest BCUT2D eigenvalue weighted by atomic mass is 16.2. The topological polar surface area (TPSA) is 75.9 Å². The first-order valence-electron chi connectivity index (χ1n) is 8.02.